The molecule has 1 N–H and O–H groups in total. The number of hydrogen-bond acceptors (Lipinski definition) is 4. The average molecular weight is 427 g/mol. The number of aromatic nitrogens is 1. The number of ether oxygens (including phenoxy) is 1. The van der Waals surface area contributed by atoms with Crippen LogP contribution in [0, 0.1) is 0 Å². The smallest absolute Gasteiger partial charge is 0.337 e. The van der Waals surface area contributed by atoms with Crippen molar-refractivity contribution in [3.05, 3.63) is 90.1 Å². The summed E-state index contributed by atoms with van der Waals surface area (Å²) in [7, 11) is 1.38. The molecule has 5 nitrogen and oxygen atoms in total. The van der Waals surface area contributed by atoms with Crippen LogP contribution < -0.4 is 0 Å². The van der Waals surface area contributed by atoms with Gasteiger partial charge in [-0.1, -0.05) is 48.5 Å². The number of carbonyl (C=O) groups is 1. The summed E-state index contributed by atoms with van der Waals surface area (Å²) in [6.07, 6.45) is 3.08. The molecule has 1 saturated heterocycles. The Bertz CT molecular complexity index is 1250. The molecular weight excluding hydrogens is 400 g/mol. The summed E-state index contributed by atoms with van der Waals surface area (Å²) in [6, 6.07) is 24.2. The third kappa shape index (κ3) is 3.87. The molecule has 0 bridgehead atoms. The summed E-state index contributed by atoms with van der Waals surface area (Å²) in [5, 5.41) is 12.8. The number of benzene rings is 3. The summed E-state index contributed by atoms with van der Waals surface area (Å²) < 4.78 is 6.80. The fraction of sp³-hybridized carbons (Fsp3) is 0.222. The van der Waals surface area contributed by atoms with Crippen molar-refractivity contribution in [3.8, 4) is 17.0 Å². The molecule has 3 aromatic carbocycles. The fourth-order valence-electron chi connectivity index (χ4n) is 4.62. The summed E-state index contributed by atoms with van der Waals surface area (Å²) in [4.78, 5) is 14.1. The van der Waals surface area contributed by atoms with Crippen molar-refractivity contribution in [2.24, 2.45) is 0 Å². The van der Waals surface area contributed by atoms with Crippen molar-refractivity contribution < 1.29 is 14.6 Å². The Morgan fingerprint density at radius 3 is 2.53 bits per heavy atom. The highest BCUT2D eigenvalue weighted by atomic mass is 16.5. The van der Waals surface area contributed by atoms with Gasteiger partial charge in [-0.05, 0) is 47.4 Å². The van der Waals surface area contributed by atoms with E-state index in [4.69, 9.17) is 4.74 Å². The Kier molecular flexibility index (Phi) is 5.41. The van der Waals surface area contributed by atoms with E-state index in [1.165, 1.54) is 12.7 Å². The molecule has 1 atom stereocenters. The Morgan fingerprint density at radius 2 is 1.78 bits per heavy atom. The summed E-state index contributed by atoms with van der Waals surface area (Å²) in [6.45, 7) is 2.88. The van der Waals surface area contributed by atoms with Gasteiger partial charge in [0.2, 0.25) is 0 Å². The van der Waals surface area contributed by atoms with E-state index in [1.54, 1.807) is 12.1 Å². The lowest BCUT2D eigenvalue weighted by atomic mass is 10.0. The Balaban J connectivity index is 1.37. The number of nitrogens with zero attached hydrogens (tertiary/aromatic N) is 2. The number of carbonyl (C=O) groups excluding carboxylic acids is 1. The fourth-order valence-corrected chi connectivity index (χ4v) is 4.62. The number of esters is 1. The van der Waals surface area contributed by atoms with E-state index >= 15 is 0 Å². The maximum atomic E-state index is 11.7. The monoisotopic (exact) mass is 426 g/mol. The molecular formula is C27H26N2O3. The van der Waals surface area contributed by atoms with Gasteiger partial charge in [-0.2, -0.15) is 0 Å². The van der Waals surface area contributed by atoms with Crippen LogP contribution in [0.15, 0.2) is 79.0 Å². The highest BCUT2D eigenvalue weighted by Crippen LogP contribution is 2.36. The Labute approximate surface area is 187 Å². The lowest BCUT2D eigenvalue weighted by molar-refractivity contribution is 0.0600. The van der Waals surface area contributed by atoms with Crippen LogP contribution >= 0.6 is 0 Å². The molecule has 0 radical (unpaired) electrons. The molecule has 5 rings (SSSR count). The van der Waals surface area contributed by atoms with Crippen LogP contribution in [0.2, 0.25) is 0 Å². The molecule has 162 valence electrons. The highest BCUT2D eigenvalue weighted by molar-refractivity contribution is 5.93. The third-order valence-electron chi connectivity index (χ3n) is 6.34. The standard InChI is InChI=1S/C27H26N2O3/c1-32-27(31)21-9-7-20(8-10-21)22-11-12-25-23(15-22)17-29(26(25)30)24-13-14-28(18-24)16-19-5-3-2-4-6-19/h2-12,15,17,24,30H,13-14,16,18H2,1H3/t24-/m1/s1. The average Bonchev–Trinajstić information content (AvgIpc) is 3.43. The molecule has 5 heteroatoms. The third-order valence-corrected chi connectivity index (χ3v) is 6.34. The van der Waals surface area contributed by atoms with Crippen LogP contribution in [0.25, 0.3) is 21.9 Å². The number of likely N-dealkylation sites (tertiary alicyclic amines) is 1. The summed E-state index contributed by atoms with van der Waals surface area (Å²) >= 11 is 0. The Hall–Kier alpha value is -3.57. The SMILES string of the molecule is COC(=O)c1ccc(-c2ccc3c(O)n([C@@H]4CCN(Cc5ccccc5)C4)cc3c2)cc1. The number of methoxy groups -OCH3 is 1. The minimum absolute atomic E-state index is 0.258. The van der Waals surface area contributed by atoms with Crippen LogP contribution in [0.4, 0.5) is 0 Å². The zero-order valence-electron chi connectivity index (χ0n) is 18.1. The van der Waals surface area contributed by atoms with Gasteiger partial charge >= 0.3 is 5.97 Å². The molecule has 0 aliphatic carbocycles. The van der Waals surface area contributed by atoms with Gasteiger partial charge in [0, 0.05) is 36.6 Å². The second-order valence-electron chi connectivity index (χ2n) is 8.39. The topological polar surface area (TPSA) is 54.7 Å². The van der Waals surface area contributed by atoms with Crippen LogP contribution in [0.1, 0.15) is 28.4 Å². The van der Waals surface area contributed by atoms with Crippen molar-refractivity contribution in [2.45, 2.75) is 19.0 Å². The van der Waals surface area contributed by atoms with Gasteiger partial charge in [0.05, 0.1) is 18.7 Å². The normalized spacial score (nSPS) is 16.5. The minimum atomic E-state index is -0.341. The summed E-state index contributed by atoms with van der Waals surface area (Å²) in [5.41, 5.74) is 3.91. The molecule has 1 aliphatic rings. The molecule has 32 heavy (non-hydrogen) atoms. The number of aromatic hydroxyl groups is 1. The molecule has 1 aliphatic heterocycles. The van der Waals surface area contributed by atoms with E-state index in [0.29, 0.717) is 11.4 Å². The van der Waals surface area contributed by atoms with Gasteiger partial charge in [0.15, 0.2) is 5.88 Å². The molecule has 0 saturated carbocycles. The van der Waals surface area contributed by atoms with E-state index in [9.17, 15) is 9.90 Å². The van der Waals surface area contributed by atoms with Crippen LogP contribution in [-0.4, -0.2) is 40.7 Å². The number of fused-ring (bicyclic) bond motifs is 1. The number of hydrogen-bond donors (Lipinski definition) is 1. The van der Waals surface area contributed by atoms with Gasteiger partial charge in [-0.25, -0.2) is 4.79 Å². The second kappa shape index (κ2) is 8.52. The molecule has 1 fully saturated rings. The largest absolute Gasteiger partial charge is 0.494 e. The van der Waals surface area contributed by atoms with E-state index in [2.05, 4.69) is 41.4 Å². The van der Waals surface area contributed by atoms with Crippen LogP contribution in [0.3, 0.4) is 0 Å². The second-order valence-corrected chi connectivity index (χ2v) is 8.39. The van der Waals surface area contributed by atoms with E-state index in [-0.39, 0.29) is 12.0 Å². The molecule has 0 unspecified atom stereocenters. The first kappa shape index (κ1) is 20.3. The first-order valence-corrected chi connectivity index (χ1v) is 10.9. The van der Waals surface area contributed by atoms with Gasteiger partial charge in [0.25, 0.3) is 0 Å². The van der Waals surface area contributed by atoms with E-state index in [0.717, 1.165) is 48.0 Å². The molecule has 0 amide bonds. The zero-order chi connectivity index (χ0) is 22.1. The van der Waals surface area contributed by atoms with Crippen molar-refractivity contribution in [1.82, 2.24) is 9.47 Å². The molecule has 2 heterocycles. The van der Waals surface area contributed by atoms with Gasteiger partial charge in [-0.15, -0.1) is 0 Å². The highest BCUT2D eigenvalue weighted by Gasteiger charge is 2.26. The molecule has 0 spiro atoms. The maximum Gasteiger partial charge on any atom is 0.337 e. The summed E-state index contributed by atoms with van der Waals surface area (Å²) in [5.74, 6) is -0.00831. The van der Waals surface area contributed by atoms with Crippen molar-refractivity contribution in [3.63, 3.8) is 0 Å². The predicted octanol–water partition coefficient (Wildman–Crippen LogP) is 5.25. The lowest BCUT2D eigenvalue weighted by Crippen LogP contribution is -2.20. The first-order chi connectivity index (χ1) is 15.6. The lowest BCUT2D eigenvalue weighted by Gasteiger charge is -2.17. The molecule has 4 aromatic rings. The van der Waals surface area contributed by atoms with Gasteiger partial charge < -0.3 is 14.4 Å². The Morgan fingerprint density at radius 1 is 1.03 bits per heavy atom. The minimum Gasteiger partial charge on any atom is -0.494 e. The molecule has 1 aromatic heterocycles. The van der Waals surface area contributed by atoms with Crippen molar-refractivity contribution in [1.29, 1.82) is 0 Å². The van der Waals surface area contributed by atoms with Crippen LogP contribution in [0.5, 0.6) is 5.88 Å². The van der Waals surface area contributed by atoms with Crippen LogP contribution in [-0.2, 0) is 11.3 Å². The maximum absolute atomic E-state index is 11.7. The quantitative estimate of drug-likeness (QED) is 0.443. The zero-order valence-corrected chi connectivity index (χ0v) is 18.1. The predicted molar refractivity (Wildman–Crippen MR) is 126 cm³/mol. The number of rotatable bonds is 5. The van der Waals surface area contributed by atoms with E-state index in [1.807, 2.05) is 34.9 Å². The van der Waals surface area contributed by atoms with Crippen molar-refractivity contribution >= 4 is 16.7 Å². The van der Waals surface area contributed by atoms with E-state index < -0.39 is 0 Å². The van der Waals surface area contributed by atoms with Gasteiger partial charge in [-0.3, -0.25) is 4.90 Å². The van der Waals surface area contributed by atoms with Gasteiger partial charge in [0.1, 0.15) is 0 Å². The first-order valence-electron chi connectivity index (χ1n) is 10.9. The van der Waals surface area contributed by atoms with Crippen molar-refractivity contribution in [2.75, 3.05) is 20.2 Å².